The maximum Gasteiger partial charge on any atom is 0.261 e. The van der Waals surface area contributed by atoms with E-state index < -0.39 is 15.9 Å². The van der Waals surface area contributed by atoms with Gasteiger partial charge in [-0.05, 0) is 66.9 Å². The van der Waals surface area contributed by atoms with E-state index in [0.717, 1.165) is 22.4 Å². The number of methoxy groups -OCH3 is 1. The number of ether oxygens (including phenoxy) is 1. The first-order valence-electron chi connectivity index (χ1n) is 9.50. The molecule has 0 fully saturated rings. The second kappa shape index (κ2) is 9.41. The summed E-state index contributed by atoms with van der Waals surface area (Å²) in [6.45, 7) is 4.04. The number of anilines is 1. The zero-order valence-corrected chi connectivity index (χ0v) is 19.0. The molecule has 3 aromatic carbocycles. The molecule has 8 heteroatoms. The lowest BCUT2D eigenvalue weighted by Gasteiger charge is -2.12. The van der Waals surface area contributed by atoms with Crippen molar-refractivity contribution in [3.05, 3.63) is 87.9 Å². The summed E-state index contributed by atoms with van der Waals surface area (Å²) in [6, 6.07) is 16.7. The summed E-state index contributed by atoms with van der Waals surface area (Å²) < 4.78 is 33.4. The number of carbonyl (C=O) groups excluding carboxylic acids is 1. The van der Waals surface area contributed by atoms with Crippen molar-refractivity contribution in [2.24, 2.45) is 0 Å². The van der Waals surface area contributed by atoms with Crippen molar-refractivity contribution in [1.82, 2.24) is 5.32 Å². The summed E-state index contributed by atoms with van der Waals surface area (Å²) in [6.07, 6.45) is 0. The van der Waals surface area contributed by atoms with Gasteiger partial charge in [-0.2, -0.15) is 0 Å². The number of sulfonamides is 1. The van der Waals surface area contributed by atoms with Gasteiger partial charge in [-0.15, -0.1) is 0 Å². The molecule has 0 aliphatic heterocycles. The summed E-state index contributed by atoms with van der Waals surface area (Å²) >= 11 is 6.18. The Morgan fingerprint density at radius 2 is 1.81 bits per heavy atom. The van der Waals surface area contributed by atoms with E-state index in [4.69, 9.17) is 16.3 Å². The molecule has 6 nitrogen and oxygen atoms in total. The third-order valence-electron chi connectivity index (χ3n) is 4.69. The van der Waals surface area contributed by atoms with Gasteiger partial charge in [0.1, 0.15) is 5.75 Å². The lowest BCUT2D eigenvalue weighted by Crippen LogP contribution is -2.24. The van der Waals surface area contributed by atoms with Crippen molar-refractivity contribution in [3.63, 3.8) is 0 Å². The molecule has 0 aromatic heterocycles. The summed E-state index contributed by atoms with van der Waals surface area (Å²) in [4.78, 5) is 12.6. The molecular weight excluding hydrogens is 436 g/mol. The van der Waals surface area contributed by atoms with Crippen LogP contribution in [-0.2, 0) is 16.6 Å². The first-order chi connectivity index (χ1) is 14.7. The smallest absolute Gasteiger partial charge is 0.261 e. The number of hydrogen-bond donors (Lipinski definition) is 2. The maximum atomic E-state index is 12.8. The SMILES string of the molecule is COc1cc(CNC(=O)c2cc(S(=O)(=O)Nc3cccc(C)c3)ccc2Cl)ccc1C. The molecular formula is C23H23ClN2O4S. The molecule has 0 aliphatic carbocycles. The Balaban J connectivity index is 1.79. The van der Waals surface area contributed by atoms with E-state index in [1.165, 1.54) is 18.2 Å². The molecule has 2 N–H and O–H groups in total. The van der Waals surface area contributed by atoms with Crippen LogP contribution in [0.15, 0.2) is 65.6 Å². The zero-order chi connectivity index (χ0) is 22.6. The zero-order valence-electron chi connectivity index (χ0n) is 17.4. The van der Waals surface area contributed by atoms with Crippen LogP contribution in [0, 0.1) is 13.8 Å². The maximum absolute atomic E-state index is 12.8. The summed E-state index contributed by atoms with van der Waals surface area (Å²) in [5.74, 6) is 0.247. The molecule has 0 saturated heterocycles. The molecule has 0 heterocycles. The van der Waals surface area contributed by atoms with Gasteiger partial charge in [0.25, 0.3) is 15.9 Å². The molecule has 31 heavy (non-hydrogen) atoms. The standard InChI is InChI=1S/C23H23ClN2O4S/c1-15-5-4-6-18(11-15)26-31(28,29)19-9-10-21(24)20(13-19)23(27)25-14-17-8-7-16(2)22(12-17)30-3/h4-13,26H,14H2,1-3H3,(H,25,27). The second-order valence-corrected chi connectivity index (χ2v) is 9.19. The van der Waals surface area contributed by atoms with Gasteiger partial charge in [-0.25, -0.2) is 8.42 Å². The number of aryl methyl sites for hydroxylation is 2. The summed E-state index contributed by atoms with van der Waals surface area (Å²) in [7, 11) is -2.30. The first kappa shape index (κ1) is 22.7. The van der Waals surface area contributed by atoms with Gasteiger partial charge in [-0.1, -0.05) is 35.9 Å². The Kier molecular flexibility index (Phi) is 6.87. The molecule has 162 valence electrons. The van der Waals surface area contributed by atoms with Gasteiger partial charge in [0.2, 0.25) is 0 Å². The van der Waals surface area contributed by atoms with Crippen molar-refractivity contribution in [3.8, 4) is 5.75 Å². The van der Waals surface area contributed by atoms with Crippen molar-refractivity contribution < 1.29 is 17.9 Å². The average molecular weight is 459 g/mol. The molecule has 0 aliphatic rings. The average Bonchev–Trinajstić information content (AvgIpc) is 2.72. The van der Waals surface area contributed by atoms with Crippen LogP contribution in [-0.4, -0.2) is 21.4 Å². The highest BCUT2D eigenvalue weighted by molar-refractivity contribution is 7.92. The van der Waals surface area contributed by atoms with Gasteiger partial charge in [0.05, 0.1) is 22.6 Å². The quantitative estimate of drug-likeness (QED) is 0.537. The topological polar surface area (TPSA) is 84.5 Å². The number of benzene rings is 3. The van der Waals surface area contributed by atoms with Crippen LogP contribution in [0.2, 0.25) is 5.02 Å². The van der Waals surface area contributed by atoms with Gasteiger partial charge in [-0.3, -0.25) is 9.52 Å². The molecule has 1 amide bonds. The molecule has 0 saturated carbocycles. The highest BCUT2D eigenvalue weighted by Gasteiger charge is 2.19. The number of nitrogens with one attached hydrogen (secondary N) is 2. The Labute approximate surface area is 187 Å². The molecule has 3 rings (SSSR count). The van der Waals surface area contributed by atoms with E-state index in [0.29, 0.717) is 5.69 Å². The van der Waals surface area contributed by atoms with E-state index in [9.17, 15) is 13.2 Å². The van der Waals surface area contributed by atoms with E-state index in [1.807, 2.05) is 38.1 Å². The van der Waals surface area contributed by atoms with Crippen LogP contribution in [0.4, 0.5) is 5.69 Å². The molecule has 0 radical (unpaired) electrons. The van der Waals surface area contributed by atoms with Crippen LogP contribution in [0.1, 0.15) is 27.0 Å². The van der Waals surface area contributed by atoms with E-state index in [1.54, 1.807) is 25.3 Å². The molecule has 0 atom stereocenters. The normalized spacial score (nSPS) is 11.1. The molecule has 0 bridgehead atoms. The number of halogens is 1. The largest absolute Gasteiger partial charge is 0.496 e. The van der Waals surface area contributed by atoms with E-state index in [-0.39, 0.29) is 22.0 Å². The van der Waals surface area contributed by atoms with Gasteiger partial charge in [0.15, 0.2) is 0 Å². The second-order valence-electron chi connectivity index (χ2n) is 7.10. The molecule has 0 spiro atoms. The highest BCUT2D eigenvalue weighted by atomic mass is 35.5. The predicted octanol–water partition coefficient (Wildman–Crippen LogP) is 4.70. The lowest BCUT2D eigenvalue weighted by atomic mass is 10.1. The van der Waals surface area contributed by atoms with Crippen LogP contribution in [0.5, 0.6) is 5.75 Å². The lowest BCUT2D eigenvalue weighted by molar-refractivity contribution is 0.0951. The summed E-state index contributed by atoms with van der Waals surface area (Å²) in [5, 5.41) is 2.93. The van der Waals surface area contributed by atoms with Crippen molar-refractivity contribution in [2.45, 2.75) is 25.3 Å². The Bertz CT molecular complexity index is 1230. The van der Waals surface area contributed by atoms with Crippen LogP contribution >= 0.6 is 11.6 Å². The van der Waals surface area contributed by atoms with Crippen LogP contribution in [0.3, 0.4) is 0 Å². The van der Waals surface area contributed by atoms with Gasteiger partial charge < -0.3 is 10.1 Å². The summed E-state index contributed by atoms with van der Waals surface area (Å²) in [5.41, 5.74) is 3.27. The van der Waals surface area contributed by atoms with Crippen LogP contribution < -0.4 is 14.8 Å². The minimum absolute atomic E-state index is 0.0550. The number of carbonyl (C=O) groups is 1. The third kappa shape index (κ3) is 5.57. The van der Waals surface area contributed by atoms with Gasteiger partial charge >= 0.3 is 0 Å². The van der Waals surface area contributed by atoms with Crippen molar-refractivity contribution >= 4 is 33.2 Å². The predicted molar refractivity (Wildman–Crippen MR) is 122 cm³/mol. The Hall–Kier alpha value is -3.03. The van der Waals surface area contributed by atoms with Gasteiger partial charge in [0, 0.05) is 12.2 Å². The molecule has 3 aromatic rings. The fraction of sp³-hybridized carbons (Fsp3) is 0.174. The minimum atomic E-state index is -3.89. The number of hydrogen-bond acceptors (Lipinski definition) is 4. The minimum Gasteiger partial charge on any atom is -0.496 e. The fourth-order valence-electron chi connectivity index (χ4n) is 3.02. The van der Waals surface area contributed by atoms with E-state index >= 15 is 0 Å². The van der Waals surface area contributed by atoms with Crippen LogP contribution in [0.25, 0.3) is 0 Å². The highest BCUT2D eigenvalue weighted by Crippen LogP contribution is 2.23. The fourth-order valence-corrected chi connectivity index (χ4v) is 4.30. The Morgan fingerprint density at radius 3 is 2.52 bits per heavy atom. The first-order valence-corrected chi connectivity index (χ1v) is 11.4. The number of amides is 1. The van der Waals surface area contributed by atoms with E-state index in [2.05, 4.69) is 10.0 Å². The third-order valence-corrected chi connectivity index (χ3v) is 6.40. The van der Waals surface area contributed by atoms with Crippen molar-refractivity contribution in [2.75, 3.05) is 11.8 Å². The van der Waals surface area contributed by atoms with Crippen molar-refractivity contribution in [1.29, 1.82) is 0 Å². The molecule has 0 unspecified atom stereocenters. The Morgan fingerprint density at radius 1 is 1.03 bits per heavy atom. The number of rotatable bonds is 7. The monoisotopic (exact) mass is 458 g/mol.